The minimum atomic E-state index is -1.23. The van der Waals surface area contributed by atoms with E-state index >= 15 is 0 Å². The summed E-state index contributed by atoms with van der Waals surface area (Å²) in [6.45, 7) is -0.0690. The van der Waals surface area contributed by atoms with Crippen LogP contribution in [0.25, 0.3) is 66.8 Å². The molecule has 2 heterocycles. The van der Waals surface area contributed by atoms with Crippen molar-refractivity contribution in [3.63, 3.8) is 0 Å². The van der Waals surface area contributed by atoms with Crippen LogP contribution in [0.3, 0.4) is 0 Å². The predicted molar refractivity (Wildman–Crippen MR) is 228 cm³/mol. The lowest BCUT2D eigenvalue weighted by Crippen LogP contribution is -2.23. The largest absolute Gasteiger partial charge is 0.508 e. The van der Waals surface area contributed by atoms with Crippen molar-refractivity contribution in [3.05, 3.63) is 147 Å². The molecule has 4 aromatic rings. The lowest BCUT2D eigenvalue weighted by molar-refractivity contribution is 0.0686. The Morgan fingerprint density at radius 2 is 1.24 bits per heavy atom. The molecule has 0 atom stereocenters. The predicted octanol–water partition coefficient (Wildman–Crippen LogP) is 7.85. The van der Waals surface area contributed by atoms with E-state index in [2.05, 4.69) is 5.32 Å². The highest BCUT2D eigenvalue weighted by Gasteiger charge is 2.25. The van der Waals surface area contributed by atoms with Crippen molar-refractivity contribution < 1.29 is 38.5 Å². The molecule has 4 N–H and O–H groups in total. The van der Waals surface area contributed by atoms with Gasteiger partial charge in [0.15, 0.2) is 5.43 Å². The zero-order valence-corrected chi connectivity index (χ0v) is 31.8. The normalized spacial score (nSPS) is 11.1. The van der Waals surface area contributed by atoms with Crippen LogP contribution < -0.4 is 25.6 Å². The molecule has 0 spiro atoms. The second kappa shape index (κ2) is 15.3. The Morgan fingerprint density at radius 1 is 0.661 bits per heavy atom. The van der Waals surface area contributed by atoms with E-state index in [0.29, 0.717) is 61.1 Å². The van der Waals surface area contributed by atoms with Crippen molar-refractivity contribution in [2.45, 2.75) is 14.0 Å². The van der Waals surface area contributed by atoms with Crippen LogP contribution in [0, 0.1) is 0 Å². The van der Waals surface area contributed by atoms with Gasteiger partial charge in [-0.15, -0.1) is 0 Å². The molecule has 59 heavy (non-hydrogen) atoms. The summed E-state index contributed by atoms with van der Waals surface area (Å²) in [6, 6.07) is 29.5. The highest BCUT2D eigenvalue weighted by Crippen LogP contribution is 2.44. The summed E-state index contributed by atoms with van der Waals surface area (Å²) in [4.78, 5) is 53.4. The molecule has 1 amide bonds. The number of rotatable bonds is 8. The van der Waals surface area contributed by atoms with Gasteiger partial charge in [0.25, 0.3) is 5.91 Å². The Labute approximate surface area is 337 Å². The molecule has 4 aromatic carbocycles. The topological polar surface area (TPSA) is 174 Å². The van der Waals surface area contributed by atoms with Gasteiger partial charge < -0.3 is 34.4 Å². The first-order chi connectivity index (χ1) is 27.8. The summed E-state index contributed by atoms with van der Waals surface area (Å²) in [6.07, 6.45) is 0. The molecule has 0 unspecified atom stereocenters. The average Bonchev–Trinajstić information content (AvgIpc) is 3.20. The highest BCUT2D eigenvalue weighted by atomic mass is 16.4. The van der Waals surface area contributed by atoms with Gasteiger partial charge in [-0.3, -0.25) is 9.59 Å². The Bertz CT molecular complexity index is 3080. The van der Waals surface area contributed by atoms with Gasteiger partial charge in [-0.25, -0.2) is 14.2 Å². The van der Waals surface area contributed by atoms with Gasteiger partial charge in [-0.2, -0.15) is 0 Å². The minimum absolute atomic E-state index is 0. The number of phenolic OH excluding ortho intramolecular Hbond substituents is 1. The number of nitrogens with one attached hydrogen (secondary N) is 1. The van der Waals surface area contributed by atoms with Crippen LogP contribution in [0.1, 0.15) is 44.1 Å². The molecule has 0 saturated heterocycles. The summed E-state index contributed by atoms with van der Waals surface area (Å²) in [5.74, 6) is -2.29. The van der Waals surface area contributed by atoms with Crippen LogP contribution in [0.5, 0.6) is 5.75 Å². The molecule has 0 bridgehead atoms. The average molecular weight is 791 g/mol. The van der Waals surface area contributed by atoms with Crippen LogP contribution in [0.4, 0.5) is 5.69 Å². The van der Waals surface area contributed by atoms with Crippen LogP contribution >= 0.6 is 0 Å². The lowest BCUT2D eigenvalue weighted by atomic mass is 9.89. The molecule has 2 aliphatic carbocycles. The third kappa shape index (κ3) is 7.23. The zero-order valence-electron chi connectivity index (χ0n) is 31.8. The Balaban J connectivity index is 0.00000528. The summed E-state index contributed by atoms with van der Waals surface area (Å²) in [5.41, 5.74) is 4.93. The van der Waals surface area contributed by atoms with Crippen LogP contribution in [-0.2, 0) is 6.54 Å². The number of hydrogen-bond donors (Lipinski definition) is 4. The van der Waals surface area contributed by atoms with E-state index in [1.807, 2.05) is 74.1 Å². The van der Waals surface area contributed by atoms with Crippen molar-refractivity contribution in [1.82, 2.24) is 9.89 Å². The fourth-order valence-corrected chi connectivity index (χ4v) is 7.32. The number of aromatic carboxylic acids is 2. The van der Waals surface area contributed by atoms with E-state index < -0.39 is 17.8 Å². The van der Waals surface area contributed by atoms with Gasteiger partial charge >= 0.3 is 11.9 Å². The Morgan fingerprint density at radius 3 is 1.88 bits per heavy atom. The molecule has 0 saturated carbocycles. The number of fused-ring (bicyclic) bond motifs is 4. The van der Waals surface area contributed by atoms with Crippen LogP contribution in [0.15, 0.2) is 123 Å². The molecule has 0 radical (unpaired) electrons. The molecule has 2 aliphatic heterocycles. The van der Waals surface area contributed by atoms with Crippen molar-refractivity contribution in [1.29, 1.82) is 0 Å². The SMILES string of the molecule is C.CN(C)c1ccc2c(-c3ccc(C(=O)NCc4ccc(-c5c6ccc(=O)cc-6oc6cc(O)ccc56)c(C(=O)O)c4)cc3C(=O)O)c3ccc(=[N+](C)C)cc-3oc2c1. The summed E-state index contributed by atoms with van der Waals surface area (Å²) in [5, 5.41) is 36.0. The first-order valence-corrected chi connectivity index (χ1v) is 18.2. The third-order valence-corrected chi connectivity index (χ3v) is 10.2. The van der Waals surface area contributed by atoms with E-state index in [9.17, 15) is 34.5 Å². The first kappa shape index (κ1) is 39.5. The smallest absolute Gasteiger partial charge is 0.336 e. The lowest BCUT2D eigenvalue weighted by Gasteiger charge is -2.19. The number of anilines is 1. The zero-order chi connectivity index (χ0) is 41.0. The first-order valence-electron chi connectivity index (χ1n) is 18.2. The van der Waals surface area contributed by atoms with Crippen molar-refractivity contribution in [3.8, 4) is 50.7 Å². The number of phenols is 1. The van der Waals surface area contributed by atoms with Gasteiger partial charge in [0.1, 0.15) is 42.5 Å². The summed E-state index contributed by atoms with van der Waals surface area (Å²) >= 11 is 0. The quantitative estimate of drug-likeness (QED) is 0.0877. The number of carboxylic acids is 2. The molecular weight excluding hydrogens is 751 g/mol. The Kier molecular flexibility index (Phi) is 10.3. The van der Waals surface area contributed by atoms with Crippen molar-refractivity contribution in [2.75, 3.05) is 33.1 Å². The maximum Gasteiger partial charge on any atom is 0.336 e. The minimum Gasteiger partial charge on any atom is -0.508 e. The van der Waals surface area contributed by atoms with Gasteiger partial charge in [0, 0.05) is 89.2 Å². The van der Waals surface area contributed by atoms with Crippen molar-refractivity contribution in [2.24, 2.45) is 0 Å². The fourth-order valence-electron chi connectivity index (χ4n) is 7.32. The van der Waals surface area contributed by atoms with E-state index in [1.165, 1.54) is 36.4 Å². The van der Waals surface area contributed by atoms with Gasteiger partial charge in [0.05, 0.1) is 17.2 Å². The number of nitrogens with zero attached hydrogens (tertiary/aromatic N) is 2. The number of carbonyl (C=O) groups excluding carboxylic acids is 1. The van der Waals surface area contributed by atoms with Gasteiger partial charge in [-0.05, 0) is 77.4 Å². The van der Waals surface area contributed by atoms with E-state index in [4.69, 9.17) is 8.83 Å². The summed E-state index contributed by atoms with van der Waals surface area (Å²) < 4.78 is 14.3. The molecule has 0 aromatic heterocycles. The van der Waals surface area contributed by atoms with Gasteiger partial charge in [-0.1, -0.05) is 25.6 Å². The van der Waals surface area contributed by atoms with Gasteiger partial charge in [0.2, 0.25) is 5.36 Å². The molecule has 4 aliphatic rings. The number of aromatic hydroxyl groups is 1. The molecule has 296 valence electrons. The number of amides is 1. The third-order valence-electron chi connectivity index (χ3n) is 10.2. The second-order valence-electron chi connectivity index (χ2n) is 14.4. The molecule has 0 fully saturated rings. The number of carboxylic acid groups (broad SMARTS) is 2. The van der Waals surface area contributed by atoms with E-state index in [1.54, 1.807) is 36.4 Å². The van der Waals surface area contributed by atoms with E-state index in [-0.39, 0.29) is 53.2 Å². The maximum atomic E-state index is 13.6. The molecule has 12 heteroatoms. The monoisotopic (exact) mass is 790 g/mol. The van der Waals surface area contributed by atoms with E-state index in [0.717, 1.165) is 11.0 Å². The maximum absolute atomic E-state index is 13.6. The van der Waals surface area contributed by atoms with Crippen LogP contribution in [-0.4, -0.2) is 61.4 Å². The molecule has 8 rings (SSSR count). The number of carbonyl (C=O) groups is 3. The number of benzene rings is 6. The summed E-state index contributed by atoms with van der Waals surface area (Å²) in [7, 11) is 7.68. The number of hydrogen-bond acceptors (Lipinski definition) is 8. The second-order valence-corrected chi connectivity index (χ2v) is 14.4. The molecular formula is C47H40N3O9+. The van der Waals surface area contributed by atoms with Crippen LogP contribution in [0.2, 0.25) is 0 Å². The fraction of sp³-hybridized carbons (Fsp3) is 0.128. The Hall–Kier alpha value is -7.73. The molecule has 12 nitrogen and oxygen atoms in total. The standard InChI is InChI=1S/C46H35N3O9.CH4/c1-48(2)26-7-13-32-38(19-26)57-39-20-27(49(3)4)8-14-33(39)43(32)31-12-6-25(18-37(31)46(55)56)44(52)47-23-24-5-11-30(36(17-24)45(53)54)42-34-15-9-28(50)21-40(34)58-41-22-29(51)10-16-35(41)42;/h5-22H,23H2,1-4H3,(H3-,47,50,51,52,53,54,55,56);1H4/p+1. The van der Waals surface area contributed by atoms with Crippen molar-refractivity contribution >= 4 is 45.5 Å². The highest BCUT2D eigenvalue weighted by molar-refractivity contribution is 6.10.